The average Bonchev–Trinajstić information content (AvgIpc) is 2.63. The number of carbonyl (C=O) groups excluding carboxylic acids is 1. The van der Waals surface area contributed by atoms with Gasteiger partial charge in [-0.25, -0.2) is 0 Å². The van der Waals surface area contributed by atoms with Crippen molar-refractivity contribution in [3.05, 3.63) is 29.8 Å². The zero-order valence-electron chi connectivity index (χ0n) is 15.2. The monoisotopic (exact) mass is 346 g/mol. The van der Waals surface area contributed by atoms with Crippen LogP contribution in [0.3, 0.4) is 0 Å². The zero-order valence-corrected chi connectivity index (χ0v) is 15.2. The molecular weight excluding hydrogens is 316 g/mol. The number of nitrogens with one attached hydrogen (secondary N) is 1. The minimum Gasteiger partial charge on any atom is -0.379 e. The Labute approximate surface area is 150 Å². The van der Waals surface area contributed by atoms with Crippen LogP contribution in [-0.2, 0) is 20.8 Å². The number of nitrogens with zero attached hydrogens (tertiary/aromatic N) is 1. The fourth-order valence-electron chi connectivity index (χ4n) is 3.69. The van der Waals surface area contributed by atoms with Gasteiger partial charge in [0, 0.05) is 25.3 Å². The molecule has 0 unspecified atom stereocenters. The Morgan fingerprint density at radius 2 is 2.08 bits per heavy atom. The molecule has 0 radical (unpaired) electrons. The lowest BCUT2D eigenvalue weighted by Crippen LogP contribution is -2.36. The molecule has 1 saturated carbocycles. The molecule has 5 nitrogen and oxygen atoms in total. The van der Waals surface area contributed by atoms with Gasteiger partial charge in [-0.15, -0.1) is 0 Å². The van der Waals surface area contributed by atoms with Crippen molar-refractivity contribution in [3.8, 4) is 0 Å². The molecule has 1 amide bonds. The second kappa shape index (κ2) is 9.32. The van der Waals surface area contributed by atoms with Crippen molar-refractivity contribution < 1.29 is 14.3 Å². The van der Waals surface area contributed by atoms with E-state index in [4.69, 9.17) is 9.47 Å². The molecule has 0 bridgehead atoms. The van der Waals surface area contributed by atoms with Crippen molar-refractivity contribution >= 4 is 11.6 Å². The van der Waals surface area contributed by atoms with E-state index in [0.717, 1.165) is 56.9 Å². The molecule has 1 saturated heterocycles. The molecule has 2 fully saturated rings. The lowest BCUT2D eigenvalue weighted by molar-refractivity contribution is -0.123. The van der Waals surface area contributed by atoms with Crippen molar-refractivity contribution in [1.82, 2.24) is 4.90 Å². The molecule has 1 aromatic carbocycles. The lowest BCUT2D eigenvalue weighted by Gasteiger charge is -2.27. The predicted molar refractivity (Wildman–Crippen MR) is 98.5 cm³/mol. The third kappa shape index (κ3) is 5.80. The summed E-state index contributed by atoms with van der Waals surface area (Å²) in [4.78, 5) is 14.7. The quantitative estimate of drug-likeness (QED) is 0.860. The molecule has 138 valence electrons. The van der Waals surface area contributed by atoms with Crippen LogP contribution >= 0.6 is 0 Å². The summed E-state index contributed by atoms with van der Waals surface area (Å²) < 4.78 is 11.2. The molecule has 1 aliphatic carbocycles. The highest BCUT2D eigenvalue weighted by molar-refractivity contribution is 5.92. The minimum atomic E-state index is -0.0624. The van der Waals surface area contributed by atoms with Crippen LogP contribution in [0, 0.1) is 5.92 Å². The maximum Gasteiger partial charge on any atom is 0.250 e. The second-order valence-corrected chi connectivity index (χ2v) is 7.30. The maximum atomic E-state index is 12.3. The SMILES string of the molecule is C[C@@H]1CCC[C@H](OCC(=O)Nc2ccccc2CN2CCOCC2)C1. The summed E-state index contributed by atoms with van der Waals surface area (Å²) in [5.74, 6) is 0.642. The van der Waals surface area contributed by atoms with E-state index in [1.165, 1.54) is 12.8 Å². The highest BCUT2D eigenvalue weighted by Gasteiger charge is 2.20. The summed E-state index contributed by atoms with van der Waals surface area (Å²) in [5.41, 5.74) is 2.03. The van der Waals surface area contributed by atoms with E-state index >= 15 is 0 Å². The molecule has 0 aromatic heterocycles. The van der Waals surface area contributed by atoms with Crippen molar-refractivity contribution in [3.63, 3.8) is 0 Å². The second-order valence-electron chi connectivity index (χ2n) is 7.30. The highest BCUT2D eigenvalue weighted by Crippen LogP contribution is 2.25. The normalized spacial score (nSPS) is 24.8. The number of para-hydroxylation sites is 1. The first-order valence-corrected chi connectivity index (χ1v) is 9.50. The maximum absolute atomic E-state index is 12.3. The number of carbonyl (C=O) groups is 1. The summed E-state index contributed by atoms with van der Waals surface area (Å²) in [7, 11) is 0. The van der Waals surface area contributed by atoms with Crippen LogP contribution in [0.2, 0.25) is 0 Å². The van der Waals surface area contributed by atoms with Crippen LogP contribution in [0.5, 0.6) is 0 Å². The largest absolute Gasteiger partial charge is 0.379 e. The van der Waals surface area contributed by atoms with Gasteiger partial charge in [0.15, 0.2) is 0 Å². The van der Waals surface area contributed by atoms with Crippen LogP contribution in [0.4, 0.5) is 5.69 Å². The average molecular weight is 346 g/mol. The third-order valence-electron chi connectivity index (χ3n) is 5.13. The van der Waals surface area contributed by atoms with Crippen molar-refractivity contribution in [2.24, 2.45) is 5.92 Å². The lowest BCUT2D eigenvalue weighted by atomic mass is 9.89. The fourth-order valence-corrected chi connectivity index (χ4v) is 3.69. The Balaban J connectivity index is 1.50. The first-order valence-electron chi connectivity index (χ1n) is 9.50. The Morgan fingerprint density at radius 1 is 1.28 bits per heavy atom. The number of benzene rings is 1. The highest BCUT2D eigenvalue weighted by atomic mass is 16.5. The van der Waals surface area contributed by atoms with Gasteiger partial charge in [0.05, 0.1) is 19.3 Å². The van der Waals surface area contributed by atoms with Crippen LogP contribution in [-0.4, -0.2) is 49.8 Å². The minimum absolute atomic E-state index is 0.0624. The molecule has 3 rings (SSSR count). The van der Waals surface area contributed by atoms with Gasteiger partial charge >= 0.3 is 0 Å². The number of hydrogen-bond donors (Lipinski definition) is 1. The number of amides is 1. The first-order chi connectivity index (χ1) is 12.2. The Bertz CT molecular complexity index is 558. The molecule has 1 aliphatic heterocycles. The summed E-state index contributed by atoms with van der Waals surface area (Å²) in [6.07, 6.45) is 4.86. The molecule has 1 N–H and O–H groups in total. The molecular formula is C20H30N2O3. The summed E-state index contributed by atoms with van der Waals surface area (Å²) in [5, 5.41) is 3.03. The van der Waals surface area contributed by atoms with Crippen LogP contribution < -0.4 is 5.32 Å². The molecule has 2 atom stereocenters. The molecule has 25 heavy (non-hydrogen) atoms. The van der Waals surface area contributed by atoms with Gasteiger partial charge in [-0.2, -0.15) is 0 Å². The molecule has 0 spiro atoms. The Hall–Kier alpha value is -1.43. The van der Waals surface area contributed by atoms with E-state index in [0.29, 0.717) is 5.92 Å². The predicted octanol–water partition coefficient (Wildman–Crippen LogP) is 3.05. The summed E-state index contributed by atoms with van der Waals surface area (Å²) >= 11 is 0. The van der Waals surface area contributed by atoms with Gasteiger partial charge in [-0.3, -0.25) is 9.69 Å². The van der Waals surface area contributed by atoms with Crippen molar-refractivity contribution in [1.29, 1.82) is 0 Å². The number of morpholine rings is 1. The summed E-state index contributed by atoms with van der Waals surface area (Å²) in [6.45, 7) is 6.67. The number of hydrogen-bond acceptors (Lipinski definition) is 4. The number of rotatable bonds is 6. The van der Waals surface area contributed by atoms with Crippen LogP contribution in [0.1, 0.15) is 38.2 Å². The van der Waals surface area contributed by atoms with E-state index in [9.17, 15) is 4.79 Å². The fraction of sp³-hybridized carbons (Fsp3) is 0.650. The summed E-state index contributed by atoms with van der Waals surface area (Å²) in [6, 6.07) is 8.03. The van der Waals surface area contributed by atoms with Crippen LogP contribution in [0.25, 0.3) is 0 Å². The van der Waals surface area contributed by atoms with E-state index in [1.807, 2.05) is 18.2 Å². The third-order valence-corrected chi connectivity index (χ3v) is 5.13. The first kappa shape index (κ1) is 18.4. The standard InChI is InChI=1S/C20H30N2O3/c1-16-5-4-7-18(13-16)25-15-20(23)21-19-8-3-2-6-17(19)14-22-9-11-24-12-10-22/h2-3,6,8,16,18H,4-5,7,9-15H2,1H3,(H,21,23)/t16-,18+/m1/s1. The molecule has 5 heteroatoms. The topological polar surface area (TPSA) is 50.8 Å². The van der Waals surface area contributed by atoms with Crippen LogP contribution in [0.15, 0.2) is 24.3 Å². The van der Waals surface area contributed by atoms with Gasteiger partial charge < -0.3 is 14.8 Å². The Kier molecular flexibility index (Phi) is 6.84. The number of anilines is 1. The zero-order chi connectivity index (χ0) is 17.5. The smallest absolute Gasteiger partial charge is 0.250 e. The van der Waals surface area contributed by atoms with E-state index in [-0.39, 0.29) is 18.6 Å². The van der Waals surface area contributed by atoms with Gasteiger partial charge in [0.2, 0.25) is 5.91 Å². The van der Waals surface area contributed by atoms with Crippen molar-refractivity contribution in [2.75, 3.05) is 38.2 Å². The van der Waals surface area contributed by atoms with Gasteiger partial charge in [-0.05, 0) is 30.4 Å². The Morgan fingerprint density at radius 3 is 2.88 bits per heavy atom. The number of ether oxygens (including phenoxy) is 2. The van der Waals surface area contributed by atoms with Gasteiger partial charge in [0.1, 0.15) is 6.61 Å². The van der Waals surface area contributed by atoms with Crippen molar-refractivity contribution in [2.45, 2.75) is 45.3 Å². The molecule has 1 heterocycles. The molecule has 1 aromatic rings. The van der Waals surface area contributed by atoms with Gasteiger partial charge in [0.25, 0.3) is 0 Å². The van der Waals surface area contributed by atoms with E-state index < -0.39 is 0 Å². The van der Waals surface area contributed by atoms with E-state index in [1.54, 1.807) is 0 Å². The van der Waals surface area contributed by atoms with Gasteiger partial charge in [-0.1, -0.05) is 38.0 Å². The molecule has 2 aliphatic rings. The van der Waals surface area contributed by atoms with E-state index in [2.05, 4.69) is 23.2 Å².